The summed E-state index contributed by atoms with van der Waals surface area (Å²) in [5, 5.41) is 12.2. The van der Waals surface area contributed by atoms with Gasteiger partial charge in [-0.05, 0) is 24.2 Å². The molecule has 0 radical (unpaired) electrons. The predicted octanol–water partition coefficient (Wildman–Crippen LogP) is 1.85. The number of hydrogen-bond donors (Lipinski definition) is 0. The maximum atomic E-state index is 11.3. The van der Waals surface area contributed by atoms with Crippen LogP contribution in [0.3, 0.4) is 0 Å². The van der Waals surface area contributed by atoms with E-state index < -0.39 is 5.97 Å². The number of rotatable bonds is 3. The fourth-order valence-corrected chi connectivity index (χ4v) is 1.84. The standard InChI is InChI=1S/C10H7N3O3S/c1-2-15-10(14)8-12-9(16-13-8)7-4-3-6(5-11)17-7/h3-4H,2H2,1H3. The van der Waals surface area contributed by atoms with Gasteiger partial charge in [-0.2, -0.15) is 10.2 Å². The maximum absolute atomic E-state index is 11.3. The van der Waals surface area contributed by atoms with Gasteiger partial charge in [-0.25, -0.2) is 4.79 Å². The lowest BCUT2D eigenvalue weighted by Gasteiger charge is -1.93. The van der Waals surface area contributed by atoms with Gasteiger partial charge in [0, 0.05) is 0 Å². The highest BCUT2D eigenvalue weighted by Crippen LogP contribution is 2.26. The Morgan fingerprint density at radius 1 is 1.65 bits per heavy atom. The lowest BCUT2D eigenvalue weighted by atomic mass is 10.4. The Kier molecular flexibility index (Phi) is 3.16. The van der Waals surface area contributed by atoms with Crippen molar-refractivity contribution in [3.05, 3.63) is 22.8 Å². The molecule has 0 spiro atoms. The number of carbonyl (C=O) groups excluding carboxylic acids is 1. The van der Waals surface area contributed by atoms with Gasteiger partial charge in [-0.3, -0.25) is 0 Å². The third-order valence-corrected chi connectivity index (χ3v) is 2.79. The van der Waals surface area contributed by atoms with Crippen molar-refractivity contribution in [1.29, 1.82) is 5.26 Å². The van der Waals surface area contributed by atoms with Gasteiger partial charge < -0.3 is 9.26 Å². The molecule has 0 bridgehead atoms. The number of ether oxygens (including phenoxy) is 1. The van der Waals surface area contributed by atoms with Crippen molar-refractivity contribution >= 4 is 17.3 Å². The van der Waals surface area contributed by atoms with Gasteiger partial charge in [-0.1, -0.05) is 0 Å². The van der Waals surface area contributed by atoms with Crippen LogP contribution in [0, 0.1) is 11.3 Å². The highest BCUT2D eigenvalue weighted by Gasteiger charge is 2.17. The molecule has 0 aliphatic heterocycles. The first-order chi connectivity index (χ1) is 8.24. The summed E-state index contributed by atoms with van der Waals surface area (Å²) < 4.78 is 9.65. The summed E-state index contributed by atoms with van der Waals surface area (Å²) in [7, 11) is 0. The number of nitriles is 1. The van der Waals surface area contributed by atoms with Crippen LogP contribution < -0.4 is 0 Å². The van der Waals surface area contributed by atoms with Gasteiger partial charge in [-0.15, -0.1) is 11.3 Å². The van der Waals surface area contributed by atoms with Crippen LogP contribution >= 0.6 is 11.3 Å². The fourth-order valence-electron chi connectivity index (χ4n) is 1.12. The van der Waals surface area contributed by atoms with E-state index in [1.807, 2.05) is 6.07 Å². The quantitative estimate of drug-likeness (QED) is 0.771. The lowest BCUT2D eigenvalue weighted by Crippen LogP contribution is -2.06. The Bertz CT molecular complexity index is 582. The molecule has 2 rings (SSSR count). The third kappa shape index (κ3) is 2.32. The second-order valence-electron chi connectivity index (χ2n) is 2.92. The molecule has 0 aliphatic carbocycles. The second-order valence-corrected chi connectivity index (χ2v) is 4.00. The Balaban J connectivity index is 2.24. The minimum absolute atomic E-state index is 0.117. The molecule has 0 N–H and O–H groups in total. The highest BCUT2D eigenvalue weighted by molar-refractivity contribution is 7.15. The highest BCUT2D eigenvalue weighted by atomic mass is 32.1. The number of aromatic nitrogens is 2. The van der Waals surface area contributed by atoms with Crippen molar-refractivity contribution in [2.45, 2.75) is 6.92 Å². The molecule has 86 valence electrons. The van der Waals surface area contributed by atoms with Gasteiger partial charge in [0.2, 0.25) is 0 Å². The Labute approximate surface area is 100 Å². The fraction of sp³-hybridized carbons (Fsp3) is 0.200. The predicted molar refractivity (Wildman–Crippen MR) is 58.3 cm³/mol. The first-order valence-corrected chi connectivity index (χ1v) is 5.57. The van der Waals surface area contributed by atoms with Gasteiger partial charge >= 0.3 is 5.97 Å². The number of nitrogens with zero attached hydrogens (tertiary/aromatic N) is 3. The number of hydrogen-bond acceptors (Lipinski definition) is 7. The van der Waals surface area contributed by atoms with Crippen LogP contribution in [0.2, 0.25) is 0 Å². The average Bonchev–Trinajstić information content (AvgIpc) is 2.98. The average molecular weight is 249 g/mol. The SMILES string of the molecule is CCOC(=O)c1noc(-c2ccc(C#N)s2)n1. The summed E-state index contributed by atoms with van der Waals surface area (Å²) >= 11 is 1.21. The number of carbonyl (C=O) groups is 1. The summed E-state index contributed by atoms with van der Waals surface area (Å²) in [5.41, 5.74) is 0. The van der Waals surface area contributed by atoms with Crippen LogP contribution in [0.5, 0.6) is 0 Å². The normalized spacial score (nSPS) is 9.88. The minimum atomic E-state index is -0.625. The lowest BCUT2D eigenvalue weighted by molar-refractivity contribution is 0.0508. The summed E-state index contributed by atoms with van der Waals surface area (Å²) in [6.45, 7) is 1.94. The molecule has 6 nitrogen and oxygen atoms in total. The number of esters is 1. The van der Waals surface area contributed by atoms with Crippen LogP contribution in [-0.4, -0.2) is 22.7 Å². The van der Waals surface area contributed by atoms with E-state index in [4.69, 9.17) is 14.5 Å². The van der Waals surface area contributed by atoms with E-state index in [1.165, 1.54) is 11.3 Å². The van der Waals surface area contributed by atoms with E-state index in [2.05, 4.69) is 10.1 Å². The molecule has 0 saturated heterocycles. The van der Waals surface area contributed by atoms with E-state index in [0.717, 1.165) is 0 Å². The molecule has 0 saturated carbocycles. The van der Waals surface area contributed by atoms with Crippen molar-refractivity contribution in [1.82, 2.24) is 10.1 Å². The zero-order valence-corrected chi connectivity index (χ0v) is 9.65. The first kappa shape index (κ1) is 11.3. The first-order valence-electron chi connectivity index (χ1n) is 4.75. The van der Waals surface area contributed by atoms with Crippen molar-refractivity contribution in [3.8, 4) is 16.8 Å². The van der Waals surface area contributed by atoms with Crippen molar-refractivity contribution < 1.29 is 14.1 Å². The third-order valence-electron chi connectivity index (χ3n) is 1.81. The molecule has 0 atom stereocenters. The minimum Gasteiger partial charge on any atom is -0.460 e. The Morgan fingerprint density at radius 3 is 3.12 bits per heavy atom. The van der Waals surface area contributed by atoms with Gasteiger partial charge in [0.1, 0.15) is 10.9 Å². The summed E-state index contributed by atoms with van der Waals surface area (Å²) in [6.07, 6.45) is 0. The van der Waals surface area contributed by atoms with Gasteiger partial charge in [0.15, 0.2) is 0 Å². The Morgan fingerprint density at radius 2 is 2.47 bits per heavy atom. The van der Waals surface area contributed by atoms with E-state index in [0.29, 0.717) is 9.75 Å². The topological polar surface area (TPSA) is 89.0 Å². The van der Waals surface area contributed by atoms with Gasteiger partial charge in [0.05, 0.1) is 11.5 Å². The van der Waals surface area contributed by atoms with Crippen LogP contribution in [0.4, 0.5) is 0 Å². The largest absolute Gasteiger partial charge is 0.460 e. The molecule has 0 aromatic carbocycles. The molecule has 17 heavy (non-hydrogen) atoms. The zero-order valence-electron chi connectivity index (χ0n) is 8.84. The smallest absolute Gasteiger partial charge is 0.379 e. The molecule has 2 heterocycles. The van der Waals surface area contributed by atoms with E-state index in [9.17, 15) is 4.79 Å². The molecule has 7 heteroatoms. The molecule has 0 amide bonds. The van der Waals surface area contributed by atoms with Crippen molar-refractivity contribution in [2.24, 2.45) is 0 Å². The molecule has 2 aromatic heterocycles. The summed E-state index contributed by atoms with van der Waals surface area (Å²) in [4.78, 5) is 16.4. The van der Waals surface area contributed by atoms with E-state index >= 15 is 0 Å². The van der Waals surface area contributed by atoms with Gasteiger partial charge in [0.25, 0.3) is 11.7 Å². The molecule has 0 aliphatic rings. The van der Waals surface area contributed by atoms with Crippen LogP contribution in [0.25, 0.3) is 10.8 Å². The monoisotopic (exact) mass is 249 g/mol. The summed E-state index contributed by atoms with van der Waals surface area (Å²) in [6, 6.07) is 5.34. The van der Waals surface area contributed by atoms with Crippen LogP contribution in [0.1, 0.15) is 22.4 Å². The van der Waals surface area contributed by atoms with Crippen LogP contribution in [0.15, 0.2) is 16.7 Å². The Hall–Kier alpha value is -2.20. The molecule has 0 fully saturated rings. The zero-order chi connectivity index (χ0) is 12.3. The molecular formula is C10H7N3O3S. The van der Waals surface area contributed by atoms with Crippen LogP contribution in [-0.2, 0) is 4.74 Å². The maximum Gasteiger partial charge on any atom is 0.379 e. The van der Waals surface area contributed by atoms with E-state index in [-0.39, 0.29) is 18.3 Å². The summed E-state index contributed by atoms with van der Waals surface area (Å²) in [5.74, 6) is -0.534. The molecule has 0 unspecified atom stereocenters. The molecule has 2 aromatic rings. The van der Waals surface area contributed by atoms with E-state index in [1.54, 1.807) is 19.1 Å². The van der Waals surface area contributed by atoms with Crippen molar-refractivity contribution in [3.63, 3.8) is 0 Å². The van der Waals surface area contributed by atoms with Crippen molar-refractivity contribution in [2.75, 3.05) is 6.61 Å². The molecular weight excluding hydrogens is 242 g/mol. The number of thiophene rings is 1. The second kappa shape index (κ2) is 4.76.